The molecule has 0 unspecified atom stereocenters. The number of methoxy groups -OCH3 is 2. The molecule has 1 aliphatic rings. The largest absolute Gasteiger partial charge is 0.496 e. The van der Waals surface area contributed by atoms with Crippen LogP contribution in [0.4, 0.5) is 0 Å². The summed E-state index contributed by atoms with van der Waals surface area (Å²) in [5.74, 6) is 0.853. The highest BCUT2D eigenvalue weighted by atomic mass is 16.5. The van der Waals surface area contributed by atoms with Crippen molar-refractivity contribution in [2.24, 2.45) is 0 Å². The van der Waals surface area contributed by atoms with Crippen molar-refractivity contribution in [3.63, 3.8) is 0 Å². The van der Waals surface area contributed by atoms with E-state index in [1.54, 1.807) is 36.4 Å². The van der Waals surface area contributed by atoms with E-state index in [9.17, 15) is 9.59 Å². The van der Waals surface area contributed by atoms with Gasteiger partial charge in [-0.2, -0.15) is 0 Å². The SMILES string of the molecule is COc1cccc(OC)c1C(=O)Oc1ccc2c(c1)OC(=Cc1ccco1)C2=O. The summed E-state index contributed by atoms with van der Waals surface area (Å²) in [6, 6.07) is 12.9. The fourth-order valence-corrected chi connectivity index (χ4v) is 2.94. The summed E-state index contributed by atoms with van der Waals surface area (Å²) in [6.07, 6.45) is 3.01. The van der Waals surface area contributed by atoms with E-state index < -0.39 is 5.97 Å². The molecule has 0 radical (unpaired) electrons. The van der Waals surface area contributed by atoms with E-state index in [2.05, 4.69) is 0 Å². The molecule has 29 heavy (non-hydrogen) atoms. The van der Waals surface area contributed by atoms with Gasteiger partial charge in [0.15, 0.2) is 5.76 Å². The van der Waals surface area contributed by atoms with Gasteiger partial charge in [0.25, 0.3) is 0 Å². The number of allylic oxidation sites excluding steroid dienone is 1. The van der Waals surface area contributed by atoms with Crippen LogP contribution in [0.2, 0.25) is 0 Å². The Kier molecular flexibility index (Phi) is 4.78. The van der Waals surface area contributed by atoms with Crippen molar-refractivity contribution in [1.29, 1.82) is 0 Å². The predicted molar refractivity (Wildman–Crippen MR) is 103 cm³/mol. The Labute approximate surface area is 166 Å². The first-order valence-electron chi connectivity index (χ1n) is 8.65. The van der Waals surface area contributed by atoms with Crippen LogP contribution in [0.25, 0.3) is 6.08 Å². The number of Topliss-reactive ketones (excluding diaryl/α,β-unsaturated/α-hetero) is 1. The van der Waals surface area contributed by atoms with Gasteiger partial charge in [-0.3, -0.25) is 4.79 Å². The second kappa shape index (κ2) is 7.55. The minimum atomic E-state index is -0.657. The van der Waals surface area contributed by atoms with Crippen LogP contribution in [0.1, 0.15) is 26.5 Å². The number of esters is 1. The Bertz CT molecular complexity index is 1090. The molecule has 3 aromatic rings. The number of carbonyl (C=O) groups excluding carboxylic acids is 2. The van der Waals surface area contributed by atoms with Gasteiger partial charge in [-0.15, -0.1) is 0 Å². The standard InChI is InChI=1S/C22H16O7/c1-25-16-6-3-7-17(26-2)20(16)22(24)28-14-8-9-15-18(12-14)29-19(21(15)23)11-13-5-4-10-27-13/h3-12H,1-2H3. The molecule has 0 saturated carbocycles. The lowest BCUT2D eigenvalue weighted by molar-refractivity contribution is 0.0727. The number of hydrogen-bond donors (Lipinski definition) is 0. The quantitative estimate of drug-likeness (QED) is 0.367. The number of hydrogen-bond acceptors (Lipinski definition) is 7. The first-order chi connectivity index (χ1) is 14.1. The fourth-order valence-electron chi connectivity index (χ4n) is 2.94. The van der Waals surface area contributed by atoms with Crippen molar-refractivity contribution in [1.82, 2.24) is 0 Å². The van der Waals surface area contributed by atoms with E-state index in [0.717, 1.165) is 0 Å². The lowest BCUT2D eigenvalue weighted by atomic mass is 10.1. The average Bonchev–Trinajstić information content (AvgIpc) is 3.35. The van der Waals surface area contributed by atoms with Gasteiger partial charge >= 0.3 is 5.97 Å². The summed E-state index contributed by atoms with van der Waals surface area (Å²) in [6.45, 7) is 0. The van der Waals surface area contributed by atoms with Gasteiger partial charge in [-0.25, -0.2) is 4.79 Å². The Morgan fingerprint density at radius 1 is 1.00 bits per heavy atom. The monoisotopic (exact) mass is 392 g/mol. The topological polar surface area (TPSA) is 84.2 Å². The van der Waals surface area contributed by atoms with Crippen molar-refractivity contribution < 1.29 is 33.0 Å². The van der Waals surface area contributed by atoms with Gasteiger partial charge in [-0.1, -0.05) is 6.07 Å². The van der Waals surface area contributed by atoms with Crippen LogP contribution in [0.5, 0.6) is 23.0 Å². The third-order valence-electron chi connectivity index (χ3n) is 4.30. The van der Waals surface area contributed by atoms with Crippen LogP contribution in [0, 0.1) is 0 Å². The van der Waals surface area contributed by atoms with Crippen molar-refractivity contribution in [3.05, 3.63) is 77.4 Å². The van der Waals surface area contributed by atoms with Gasteiger partial charge in [0.05, 0.1) is 26.0 Å². The minimum absolute atomic E-state index is 0.129. The molecule has 7 heteroatoms. The van der Waals surface area contributed by atoms with Crippen molar-refractivity contribution in [3.8, 4) is 23.0 Å². The van der Waals surface area contributed by atoms with E-state index in [1.165, 1.54) is 38.7 Å². The molecule has 1 aliphatic heterocycles. The number of fused-ring (bicyclic) bond motifs is 1. The predicted octanol–water partition coefficient (Wildman–Crippen LogP) is 4.13. The van der Waals surface area contributed by atoms with E-state index in [1.807, 2.05) is 0 Å². The molecule has 1 aromatic heterocycles. The molecule has 0 fully saturated rings. The van der Waals surface area contributed by atoms with Gasteiger partial charge in [0.1, 0.15) is 34.3 Å². The first kappa shape index (κ1) is 18.4. The molecule has 7 nitrogen and oxygen atoms in total. The van der Waals surface area contributed by atoms with Gasteiger partial charge < -0.3 is 23.4 Å². The summed E-state index contributed by atoms with van der Waals surface area (Å²) >= 11 is 0. The zero-order valence-electron chi connectivity index (χ0n) is 15.6. The molecule has 0 N–H and O–H groups in total. The van der Waals surface area contributed by atoms with Crippen LogP contribution in [-0.2, 0) is 0 Å². The maximum atomic E-state index is 12.7. The maximum Gasteiger partial charge on any atom is 0.351 e. The van der Waals surface area contributed by atoms with Crippen LogP contribution in [0.3, 0.4) is 0 Å². The zero-order chi connectivity index (χ0) is 20.4. The lowest BCUT2D eigenvalue weighted by Gasteiger charge is -2.12. The van der Waals surface area contributed by atoms with Crippen LogP contribution >= 0.6 is 0 Å². The molecule has 0 bridgehead atoms. The number of benzene rings is 2. The van der Waals surface area contributed by atoms with Crippen LogP contribution in [-0.4, -0.2) is 26.0 Å². The normalized spacial score (nSPS) is 13.7. The number of carbonyl (C=O) groups is 2. The van der Waals surface area contributed by atoms with Gasteiger partial charge in [-0.05, 0) is 36.4 Å². The van der Waals surface area contributed by atoms with Crippen molar-refractivity contribution >= 4 is 17.8 Å². The number of ether oxygens (including phenoxy) is 4. The fraction of sp³-hybridized carbons (Fsp3) is 0.0909. The van der Waals surface area contributed by atoms with Gasteiger partial charge in [0.2, 0.25) is 5.78 Å². The molecule has 2 aromatic carbocycles. The van der Waals surface area contributed by atoms with Crippen molar-refractivity contribution in [2.45, 2.75) is 0 Å². The summed E-state index contributed by atoms with van der Waals surface area (Å²) < 4.78 is 26.8. The second-order valence-corrected chi connectivity index (χ2v) is 6.04. The molecule has 0 saturated heterocycles. The Morgan fingerprint density at radius 3 is 2.41 bits per heavy atom. The van der Waals surface area contributed by atoms with Crippen molar-refractivity contribution in [2.75, 3.05) is 14.2 Å². The summed E-state index contributed by atoms with van der Waals surface area (Å²) in [4.78, 5) is 25.2. The zero-order valence-corrected chi connectivity index (χ0v) is 15.6. The molecule has 146 valence electrons. The highest BCUT2D eigenvalue weighted by molar-refractivity contribution is 6.14. The highest BCUT2D eigenvalue weighted by Crippen LogP contribution is 2.36. The summed E-state index contributed by atoms with van der Waals surface area (Å²) in [7, 11) is 2.90. The van der Waals surface area contributed by atoms with E-state index >= 15 is 0 Å². The molecule has 2 heterocycles. The van der Waals surface area contributed by atoms with Crippen LogP contribution in [0.15, 0.2) is 65.0 Å². The third-order valence-corrected chi connectivity index (χ3v) is 4.30. The smallest absolute Gasteiger partial charge is 0.351 e. The molecular formula is C22H16O7. The maximum absolute atomic E-state index is 12.7. The molecule has 0 spiro atoms. The third kappa shape index (κ3) is 3.45. The number of furan rings is 1. The van der Waals surface area contributed by atoms with E-state index in [-0.39, 0.29) is 22.9 Å². The molecule has 4 rings (SSSR count). The Morgan fingerprint density at radius 2 is 1.76 bits per heavy atom. The summed E-state index contributed by atoms with van der Waals surface area (Å²) in [5, 5.41) is 0. The van der Waals surface area contributed by atoms with E-state index in [0.29, 0.717) is 28.6 Å². The minimum Gasteiger partial charge on any atom is -0.496 e. The second-order valence-electron chi connectivity index (χ2n) is 6.04. The number of ketones is 1. The van der Waals surface area contributed by atoms with E-state index in [4.69, 9.17) is 23.4 Å². The molecule has 0 atom stereocenters. The Hall–Kier alpha value is -4.00. The number of rotatable bonds is 5. The first-order valence-corrected chi connectivity index (χ1v) is 8.65. The molecule has 0 aliphatic carbocycles. The molecule has 0 amide bonds. The summed E-state index contributed by atoms with van der Waals surface area (Å²) in [5.41, 5.74) is 0.533. The Balaban J connectivity index is 1.59. The lowest BCUT2D eigenvalue weighted by Crippen LogP contribution is -2.12. The van der Waals surface area contributed by atoms with Crippen LogP contribution < -0.4 is 18.9 Å². The molecular weight excluding hydrogens is 376 g/mol. The average molecular weight is 392 g/mol. The highest BCUT2D eigenvalue weighted by Gasteiger charge is 2.29. The van der Waals surface area contributed by atoms with Gasteiger partial charge in [0, 0.05) is 12.1 Å².